The Morgan fingerprint density at radius 2 is 1.32 bits per heavy atom. The lowest BCUT2D eigenvalue weighted by Crippen LogP contribution is -2.63. The Morgan fingerprint density at radius 3 is 1.89 bits per heavy atom. The van der Waals surface area contributed by atoms with Crippen LogP contribution in [0.2, 0.25) is 0 Å². The molecule has 1 saturated heterocycles. The molecule has 212 valence electrons. The summed E-state index contributed by atoms with van der Waals surface area (Å²) < 4.78 is 38.2. The molecule has 0 amide bonds. The number of methoxy groups -OCH3 is 1. The Morgan fingerprint density at radius 1 is 0.737 bits per heavy atom. The highest BCUT2D eigenvalue weighted by Crippen LogP contribution is 2.30. The molecule has 0 radical (unpaired) electrons. The van der Waals surface area contributed by atoms with Gasteiger partial charge in [-0.1, -0.05) is 25.0 Å². The minimum atomic E-state index is -1.23. The summed E-state index contributed by atoms with van der Waals surface area (Å²) in [5.74, 6) is -1.78. The van der Waals surface area contributed by atoms with Gasteiger partial charge in [-0.05, 0) is 37.0 Å². The molecular weight excluding hydrogens is 500 g/mol. The maximum Gasteiger partial charge on any atom is 0.303 e. The molecule has 0 saturated carbocycles. The summed E-state index contributed by atoms with van der Waals surface area (Å²) in [7, 11) is 1.64. The summed E-state index contributed by atoms with van der Waals surface area (Å²) in [5, 5.41) is 0. The van der Waals surface area contributed by atoms with Crippen LogP contribution in [0.1, 0.15) is 58.9 Å². The molecule has 1 aliphatic heterocycles. The molecule has 1 aliphatic rings. The second kappa shape index (κ2) is 15.9. The van der Waals surface area contributed by atoms with Gasteiger partial charge in [-0.15, -0.1) is 0 Å². The molecule has 0 N–H and O–H groups in total. The van der Waals surface area contributed by atoms with Crippen molar-refractivity contribution in [1.82, 2.24) is 0 Å². The summed E-state index contributed by atoms with van der Waals surface area (Å²) >= 11 is 0. The van der Waals surface area contributed by atoms with Crippen LogP contribution in [0.25, 0.3) is 0 Å². The summed E-state index contributed by atoms with van der Waals surface area (Å²) in [6, 6.07) is 7.98. The maximum absolute atomic E-state index is 11.9. The Bertz CT molecular complexity index is 914. The highest BCUT2D eigenvalue weighted by Gasteiger charge is 2.52. The lowest BCUT2D eigenvalue weighted by Gasteiger charge is -2.44. The summed E-state index contributed by atoms with van der Waals surface area (Å²) in [6.45, 7) is 4.74. The van der Waals surface area contributed by atoms with Gasteiger partial charge in [0.05, 0.1) is 7.11 Å². The van der Waals surface area contributed by atoms with Gasteiger partial charge < -0.3 is 33.2 Å². The fourth-order valence-corrected chi connectivity index (χ4v) is 4.10. The monoisotopic (exact) mass is 538 g/mol. The number of rotatable bonds is 14. The molecule has 11 nitrogen and oxygen atoms in total. The first-order chi connectivity index (χ1) is 18.1. The Hall–Kier alpha value is -3.18. The Kier molecular flexibility index (Phi) is 13.0. The highest BCUT2D eigenvalue weighted by molar-refractivity contribution is 5.68. The van der Waals surface area contributed by atoms with E-state index in [1.165, 1.54) is 33.3 Å². The number of carbonyl (C=O) groups excluding carboxylic acids is 4. The van der Waals surface area contributed by atoms with E-state index in [1.54, 1.807) is 7.11 Å². The third kappa shape index (κ3) is 10.7. The van der Waals surface area contributed by atoms with E-state index in [9.17, 15) is 19.2 Å². The third-order valence-electron chi connectivity index (χ3n) is 5.75. The van der Waals surface area contributed by atoms with Crippen molar-refractivity contribution in [3.05, 3.63) is 29.8 Å². The van der Waals surface area contributed by atoms with Crippen molar-refractivity contribution in [2.75, 3.05) is 20.3 Å². The SMILES string of the molecule is COc1ccc(CCCCCCOC2OC(COC(C)=O)C(OC(C)=O)C(OC(C)=O)C2OC(C)=O)cc1. The normalized spacial score (nSPS) is 22.7. The predicted octanol–water partition coefficient (Wildman–Crippen LogP) is 2.90. The van der Waals surface area contributed by atoms with Crippen LogP contribution in [0.3, 0.4) is 0 Å². The van der Waals surface area contributed by atoms with Crippen LogP contribution in [-0.2, 0) is 54.0 Å². The summed E-state index contributed by atoms with van der Waals surface area (Å²) in [6.07, 6.45) is -1.27. The molecule has 5 atom stereocenters. The van der Waals surface area contributed by atoms with E-state index in [-0.39, 0.29) is 13.2 Å². The van der Waals surface area contributed by atoms with Crippen LogP contribution in [0.15, 0.2) is 24.3 Å². The lowest BCUT2D eigenvalue weighted by atomic mass is 9.98. The second-order valence-electron chi connectivity index (χ2n) is 8.95. The van der Waals surface area contributed by atoms with Crippen molar-refractivity contribution < 1.29 is 52.3 Å². The first-order valence-electron chi connectivity index (χ1n) is 12.7. The van der Waals surface area contributed by atoms with Crippen molar-refractivity contribution in [1.29, 1.82) is 0 Å². The van der Waals surface area contributed by atoms with Crippen molar-refractivity contribution in [3.8, 4) is 5.75 Å². The van der Waals surface area contributed by atoms with Crippen LogP contribution in [0.5, 0.6) is 5.75 Å². The average Bonchev–Trinajstić information content (AvgIpc) is 2.85. The van der Waals surface area contributed by atoms with Gasteiger partial charge in [0.25, 0.3) is 0 Å². The number of ether oxygens (including phenoxy) is 7. The van der Waals surface area contributed by atoms with Gasteiger partial charge >= 0.3 is 23.9 Å². The first-order valence-corrected chi connectivity index (χ1v) is 12.7. The minimum absolute atomic E-state index is 0.274. The fraction of sp³-hybridized carbons (Fsp3) is 0.630. The predicted molar refractivity (Wildman–Crippen MR) is 133 cm³/mol. The molecule has 11 heteroatoms. The van der Waals surface area contributed by atoms with E-state index in [0.717, 1.165) is 31.4 Å². The quantitative estimate of drug-likeness (QED) is 0.197. The summed E-state index contributed by atoms with van der Waals surface area (Å²) in [4.78, 5) is 46.9. The van der Waals surface area contributed by atoms with Crippen molar-refractivity contribution in [2.45, 2.75) is 90.5 Å². The van der Waals surface area contributed by atoms with Crippen LogP contribution in [0.4, 0.5) is 0 Å². The smallest absolute Gasteiger partial charge is 0.303 e. The van der Waals surface area contributed by atoms with Gasteiger partial charge in [0, 0.05) is 34.3 Å². The molecule has 0 aromatic heterocycles. The molecule has 1 fully saturated rings. The molecule has 2 rings (SSSR count). The van der Waals surface area contributed by atoms with Gasteiger partial charge in [-0.25, -0.2) is 0 Å². The topological polar surface area (TPSA) is 133 Å². The van der Waals surface area contributed by atoms with Crippen LogP contribution in [0, 0.1) is 0 Å². The fourth-order valence-electron chi connectivity index (χ4n) is 4.10. The lowest BCUT2D eigenvalue weighted by molar-refractivity contribution is -0.308. The highest BCUT2D eigenvalue weighted by atomic mass is 16.7. The van der Waals surface area contributed by atoms with Gasteiger partial charge in [-0.3, -0.25) is 19.2 Å². The third-order valence-corrected chi connectivity index (χ3v) is 5.75. The molecule has 5 unspecified atom stereocenters. The zero-order valence-corrected chi connectivity index (χ0v) is 22.6. The van der Waals surface area contributed by atoms with Gasteiger partial charge in [0.15, 0.2) is 24.6 Å². The number of hydrogen-bond acceptors (Lipinski definition) is 11. The van der Waals surface area contributed by atoms with Gasteiger partial charge in [-0.2, -0.15) is 0 Å². The van der Waals surface area contributed by atoms with Crippen molar-refractivity contribution >= 4 is 23.9 Å². The standard InChI is InChI=1S/C27H38O11/c1-17(28)34-16-23-24(35-18(2)29)25(36-19(3)30)26(37-20(4)31)27(38-23)33-15-9-7-6-8-10-21-11-13-22(32-5)14-12-21/h11-14,23-27H,6-10,15-16H2,1-5H3. The van der Waals surface area contributed by atoms with Crippen LogP contribution < -0.4 is 4.74 Å². The number of aryl methyl sites for hydroxylation is 1. The van der Waals surface area contributed by atoms with E-state index >= 15 is 0 Å². The first kappa shape index (κ1) is 31.0. The molecule has 1 aromatic carbocycles. The molecule has 1 aromatic rings. The molecular formula is C27H38O11. The van der Waals surface area contributed by atoms with E-state index < -0.39 is 54.6 Å². The number of esters is 4. The molecule has 0 aliphatic carbocycles. The second-order valence-corrected chi connectivity index (χ2v) is 8.95. The van der Waals surface area contributed by atoms with E-state index in [0.29, 0.717) is 6.42 Å². The minimum Gasteiger partial charge on any atom is -0.497 e. The molecule has 0 bridgehead atoms. The van der Waals surface area contributed by atoms with E-state index in [1.807, 2.05) is 24.3 Å². The van der Waals surface area contributed by atoms with E-state index in [4.69, 9.17) is 33.2 Å². The zero-order chi connectivity index (χ0) is 28.1. The number of benzene rings is 1. The maximum atomic E-state index is 11.9. The average molecular weight is 539 g/mol. The van der Waals surface area contributed by atoms with Crippen molar-refractivity contribution in [2.24, 2.45) is 0 Å². The van der Waals surface area contributed by atoms with E-state index in [2.05, 4.69) is 0 Å². The summed E-state index contributed by atoms with van der Waals surface area (Å²) in [5.41, 5.74) is 1.24. The number of unbranched alkanes of at least 4 members (excludes halogenated alkanes) is 3. The van der Waals surface area contributed by atoms with Crippen LogP contribution in [-0.4, -0.2) is 74.9 Å². The molecule has 0 spiro atoms. The largest absolute Gasteiger partial charge is 0.497 e. The van der Waals surface area contributed by atoms with Gasteiger partial charge in [0.1, 0.15) is 18.5 Å². The van der Waals surface area contributed by atoms with Gasteiger partial charge in [0.2, 0.25) is 0 Å². The Labute approximate surface area is 223 Å². The molecule has 38 heavy (non-hydrogen) atoms. The number of carbonyl (C=O) groups is 4. The zero-order valence-electron chi connectivity index (χ0n) is 22.6. The Balaban J connectivity index is 1.99. The van der Waals surface area contributed by atoms with Crippen molar-refractivity contribution in [3.63, 3.8) is 0 Å². The molecule has 1 heterocycles. The van der Waals surface area contributed by atoms with Crippen LogP contribution >= 0.6 is 0 Å². The number of hydrogen-bond donors (Lipinski definition) is 0.